The molecule has 2 aromatic rings. The number of rotatable bonds is 6. The Kier molecular flexibility index (Phi) is 6.18. The lowest BCUT2D eigenvalue weighted by Crippen LogP contribution is -2.18. The Labute approximate surface area is 150 Å². The molecule has 2 rings (SSSR count). The fourth-order valence-corrected chi connectivity index (χ4v) is 2.71. The predicted octanol–water partition coefficient (Wildman–Crippen LogP) is 4.49. The molecule has 134 valence electrons. The van der Waals surface area contributed by atoms with Crippen molar-refractivity contribution in [2.24, 2.45) is 5.41 Å². The van der Waals surface area contributed by atoms with E-state index in [9.17, 15) is 4.79 Å². The largest absolute Gasteiger partial charge is 0.463 e. The topological polar surface area (TPSA) is 44.1 Å². The summed E-state index contributed by atoms with van der Waals surface area (Å²) in [5.41, 5.74) is 4.16. The first kappa shape index (κ1) is 19.0. The lowest BCUT2D eigenvalue weighted by atomic mass is 9.96. The number of esters is 1. The molecular formula is C21H28N2O2. The van der Waals surface area contributed by atoms with Crippen LogP contribution in [0.5, 0.6) is 0 Å². The third kappa shape index (κ3) is 5.59. The van der Waals surface area contributed by atoms with Crippen LogP contribution in [-0.4, -0.2) is 22.1 Å². The highest BCUT2D eigenvalue weighted by Crippen LogP contribution is 2.23. The van der Waals surface area contributed by atoms with Crippen molar-refractivity contribution in [3.63, 3.8) is 0 Å². The van der Waals surface area contributed by atoms with Gasteiger partial charge in [-0.25, -0.2) is 4.79 Å². The summed E-state index contributed by atoms with van der Waals surface area (Å²) in [6.07, 6.45) is 6.41. The van der Waals surface area contributed by atoms with Crippen molar-refractivity contribution in [2.75, 3.05) is 6.61 Å². The Morgan fingerprint density at radius 2 is 2.04 bits per heavy atom. The number of pyridine rings is 1. The minimum atomic E-state index is -0.264. The Morgan fingerprint density at radius 1 is 1.28 bits per heavy atom. The number of carbonyl (C=O) groups excluding carboxylic acids is 1. The van der Waals surface area contributed by atoms with Gasteiger partial charge in [-0.15, -0.1) is 0 Å². The Balaban J connectivity index is 2.36. The Hall–Kier alpha value is -2.36. The maximum absolute atomic E-state index is 11.9. The van der Waals surface area contributed by atoms with E-state index in [1.165, 1.54) is 11.3 Å². The fourth-order valence-electron chi connectivity index (χ4n) is 2.71. The van der Waals surface area contributed by atoms with E-state index in [0.717, 1.165) is 18.7 Å². The Bertz CT molecular complexity index is 737. The smallest absolute Gasteiger partial charge is 0.333 e. The number of hydrogen-bond donors (Lipinski definition) is 0. The zero-order chi connectivity index (χ0) is 18.4. The number of hydrogen-bond acceptors (Lipinski definition) is 3. The molecule has 0 bridgehead atoms. The number of carbonyl (C=O) groups is 1. The van der Waals surface area contributed by atoms with E-state index < -0.39 is 0 Å². The van der Waals surface area contributed by atoms with E-state index in [1.807, 2.05) is 25.3 Å². The Morgan fingerprint density at radius 3 is 2.64 bits per heavy atom. The first-order chi connectivity index (χ1) is 11.8. The normalized spacial score (nSPS) is 12.3. The van der Waals surface area contributed by atoms with Crippen molar-refractivity contribution in [1.82, 2.24) is 9.55 Å². The van der Waals surface area contributed by atoms with Gasteiger partial charge in [0.2, 0.25) is 0 Å². The summed E-state index contributed by atoms with van der Waals surface area (Å²) in [6, 6.07) is 8.24. The molecule has 0 aromatic carbocycles. The van der Waals surface area contributed by atoms with Crippen LogP contribution < -0.4 is 0 Å². The van der Waals surface area contributed by atoms with Crippen LogP contribution in [0, 0.1) is 5.41 Å². The first-order valence-corrected chi connectivity index (χ1v) is 8.73. The van der Waals surface area contributed by atoms with E-state index >= 15 is 0 Å². The van der Waals surface area contributed by atoms with Crippen LogP contribution in [0.25, 0.3) is 6.08 Å². The molecule has 2 heterocycles. The van der Waals surface area contributed by atoms with Gasteiger partial charge in [0.25, 0.3) is 0 Å². The van der Waals surface area contributed by atoms with Gasteiger partial charge in [0.1, 0.15) is 0 Å². The molecule has 4 heteroatoms. The molecule has 0 amide bonds. The van der Waals surface area contributed by atoms with Crippen molar-refractivity contribution < 1.29 is 9.53 Å². The van der Waals surface area contributed by atoms with Crippen LogP contribution in [0.4, 0.5) is 0 Å². The van der Waals surface area contributed by atoms with E-state index in [0.29, 0.717) is 12.2 Å². The molecule has 0 unspecified atom stereocenters. The van der Waals surface area contributed by atoms with E-state index in [1.54, 1.807) is 13.1 Å². The van der Waals surface area contributed by atoms with Gasteiger partial charge in [-0.05, 0) is 49.1 Å². The van der Waals surface area contributed by atoms with E-state index in [2.05, 4.69) is 48.5 Å². The monoisotopic (exact) mass is 340 g/mol. The van der Waals surface area contributed by atoms with E-state index in [4.69, 9.17) is 4.74 Å². The molecule has 0 fully saturated rings. The molecular weight excluding hydrogens is 312 g/mol. The van der Waals surface area contributed by atoms with Gasteiger partial charge in [-0.2, -0.15) is 0 Å². The zero-order valence-electron chi connectivity index (χ0n) is 15.9. The van der Waals surface area contributed by atoms with Crippen LogP contribution in [-0.2, 0) is 22.5 Å². The average molecular weight is 340 g/mol. The van der Waals surface area contributed by atoms with Crippen LogP contribution >= 0.6 is 0 Å². The van der Waals surface area contributed by atoms with Crippen LogP contribution in [0.15, 0.2) is 42.2 Å². The summed E-state index contributed by atoms with van der Waals surface area (Å²) >= 11 is 0. The van der Waals surface area contributed by atoms with Crippen molar-refractivity contribution in [2.45, 2.75) is 47.6 Å². The molecule has 0 N–H and O–H groups in total. The lowest BCUT2D eigenvalue weighted by molar-refractivity contribution is -0.138. The maximum atomic E-state index is 11.9. The molecule has 0 atom stereocenters. The maximum Gasteiger partial charge on any atom is 0.333 e. The second kappa shape index (κ2) is 8.15. The molecule has 0 aliphatic rings. The average Bonchev–Trinajstić information content (AvgIpc) is 2.89. The number of aromatic nitrogens is 2. The van der Waals surface area contributed by atoms with Gasteiger partial charge in [-0.1, -0.05) is 26.8 Å². The highest BCUT2D eigenvalue weighted by atomic mass is 16.5. The minimum absolute atomic E-state index is 0.128. The molecule has 0 aliphatic heterocycles. The van der Waals surface area contributed by atoms with Crippen LogP contribution in [0.2, 0.25) is 0 Å². The highest BCUT2D eigenvalue weighted by molar-refractivity contribution is 5.92. The van der Waals surface area contributed by atoms with Gasteiger partial charge in [0, 0.05) is 42.3 Å². The summed E-state index contributed by atoms with van der Waals surface area (Å²) < 4.78 is 7.38. The van der Waals surface area contributed by atoms with Crippen molar-refractivity contribution >= 4 is 12.0 Å². The summed E-state index contributed by atoms with van der Waals surface area (Å²) in [5, 5.41) is 0. The SMILES string of the molecule is CCOC(=O)/C(C)=C\c1ccc(Cc2cccnc2)n1CC(C)(C)C. The first-order valence-electron chi connectivity index (χ1n) is 8.73. The van der Waals surface area contributed by atoms with Crippen molar-refractivity contribution in [3.8, 4) is 0 Å². The summed E-state index contributed by atoms with van der Waals surface area (Å²) in [4.78, 5) is 16.1. The van der Waals surface area contributed by atoms with Crippen LogP contribution in [0.3, 0.4) is 0 Å². The predicted molar refractivity (Wildman–Crippen MR) is 101 cm³/mol. The third-order valence-corrected chi connectivity index (χ3v) is 3.81. The molecule has 2 aromatic heterocycles. The van der Waals surface area contributed by atoms with Gasteiger partial charge in [-0.3, -0.25) is 4.98 Å². The summed E-state index contributed by atoms with van der Waals surface area (Å²) in [5.74, 6) is -0.264. The second-order valence-electron chi connectivity index (χ2n) is 7.48. The number of nitrogens with zero attached hydrogens (tertiary/aromatic N) is 2. The highest BCUT2D eigenvalue weighted by Gasteiger charge is 2.17. The molecule has 0 spiro atoms. The quantitative estimate of drug-likeness (QED) is 0.575. The van der Waals surface area contributed by atoms with Crippen molar-refractivity contribution in [1.29, 1.82) is 0 Å². The molecule has 0 radical (unpaired) electrons. The lowest BCUT2D eigenvalue weighted by Gasteiger charge is -2.23. The number of ether oxygens (including phenoxy) is 1. The molecule has 0 aliphatic carbocycles. The molecule has 0 saturated carbocycles. The summed E-state index contributed by atoms with van der Waals surface area (Å²) in [6.45, 7) is 11.5. The second-order valence-corrected chi connectivity index (χ2v) is 7.48. The standard InChI is InChI=1S/C21H28N2O2/c1-6-25-20(24)16(2)12-18-9-10-19(23(18)15-21(3,4)5)13-17-8-7-11-22-14-17/h7-12,14H,6,13,15H2,1-5H3/b16-12-. The summed E-state index contributed by atoms with van der Waals surface area (Å²) in [7, 11) is 0. The van der Waals surface area contributed by atoms with Crippen LogP contribution in [0.1, 0.15) is 51.6 Å². The molecule has 25 heavy (non-hydrogen) atoms. The van der Waals surface area contributed by atoms with E-state index in [-0.39, 0.29) is 11.4 Å². The fraction of sp³-hybridized carbons (Fsp3) is 0.429. The van der Waals surface area contributed by atoms with Gasteiger partial charge >= 0.3 is 5.97 Å². The third-order valence-electron chi connectivity index (χ3n) is 3.81. The van der Waals surface area contributed by atoms with Gasteiger partial charge in [0.15, 0.2) is 0 Å². The van der Waals surface area contributed by atoms with Gasteiger partial charge in [0.05, 0.1) is 6.61 Å². The minimum Gasteiger partial charge on any atom is -0.463 e. The van der Waals surface area contributed by atoms with Gasteiger partial charge < -0.3 is 9.30 Å². The molecule has 4 nitrogen and oxygen atoms in total. The zero-order valence-corrected chi connectivity index (χ0v) is 15.9. The van der Waals surface area contributed by atoms with Crippen molar-refractivity contribution in [3.05, 3.63) is 59.2 Å². The molecule has 0 saturated heterocycles.